The number of anilines is 1. The first-order valence-electron chi connectivity index (χ1n) is 10.0. The molecule has 1 amide bonds. The number of rotatable bonds is 3. The molecule has 0 aliphatic carbocycles. The first-order chi connectivity index (χ1) is 15.6. The number of Topliss-reactive ketones (excluding diaryl/α,β-unsaturated/α-hetero) is 1. The maximum Gasteiger partial charge on any atom is 0.300 e. The molecule has 0 radical (unpaired) electrons. The molecule has 3 aromatic carbocycles. The zero-order chi connectivity index (χ0) is 22.2. The number of amides is 1. The highest BCUT2D eigenvalue weighted by atomic mass is 19.1. The third kappa shape index (κ3) is 3.13. The second-order valence-electron chi connectivity index (χ2n) is 7.46. The number of nitrogens with zero attached hydrogens (tertiary/aromatic N) is 2. The minimum atomic E-state index is -0.889. The molecule has 1 saturated heterocycles. The molecule has 0 spiro atoms. The van der Waals surface area contributed by atoms with E-state index < -0.39 is 23.5 Å². The van der Waals surface area contributed by atoms with Gasteiger partial charge < -0.3 is 5.11 Å². The van der Waals surface area contributed by atoms with Crippen LogP contribution >= 0.6 is 0 Å². The molecule has 1 N–H and O–H groups in total. The Balaban J connectivity index is 1.77. The van der Waals surface area contributed by atoms with Crippen LogP contribution < -0.4 is 4.90 Å². The lowest BCUT2D eigenvalue weighted by atomic mass is 9.96. The van der Waals surface area contributed by atoms with E-state index in [2.05, 4.69) is 4.98 Å². The van der Waals surface area contributed by atoms with Crippen molar-refractivity contribution in [2.45, 2.75) is 6.04 Å². The van der Waals surface area contributed by atoms with Gasteiger partial charge in [0.25, 0.3) is 11.7 Å². The van der Waals surface area contributed by atoms with Gasteiger partial charge in [-0.3, -0.25) is 19.5 Å². The summed E-state index contributed by atoms with van der Waals surface area (Å²) in [6.45, 7) is 0. The molecule has 2 heterocycles. The van der Waals surface area contributed by atoms with Gasteiger partial charge in [0.05, 0.1) is 17.3 Å². The number of aliphatic hydroxyl groups excluding tert-OH is 1. The van der Waals surface area contributed by atoms with Gasteiger partial charge in [0.1, 0.15) is 11.6 Å². The van der Waals surface area contributed by atoms with Crippen molar-refractivity contribution in [2.75, 3.05) is 4.90 Å². The lowest BCUT2D eigenvalue weighted by Gasteiger charge is -2.26. The molecule has 1 unspecified atom stereocenters. The van der Waals surface area contributed by atoms with Gasteiger partial charge >= 0.3 is 0 Å². The van der Waals surface area contributed by atoms with Crippen LogP contribution in [0.4, 0.5) is 10.1 Å². The third-order valence-electron chi connectivity index (χ3n) is 5.59. The first-order valence-corrected chi connectivity index (χ1v) is 10.0. The maximum atomic E-state index is 13.4. The van der Waals surface area contributed by atoms with Crippen molar-refractivity contribution in [1.29, 1.82) is 0 Å². The van der Waals surface area contributed by atoms with Crippen LogP contribution in [0.5, 0.6) is 0 Å². The van der Waals surface area contributed by atoms with Crippen LogP contribution in [0.25, 0.3) is 16.5 Å². The number of carbonyl (C=O) groups is 2. The molecule has 0 saturated carbocycles. The maximum absolute atomic E-state index is 13.4. The Morgan fingerprint density at radius 3 is 2.41 bits per heavy atom. The molecular weight excluding hydrogens is 407 g/mol. The van der Waals surface area contributed by atoms with Gasteiger partial charge in [0.2, 0.25) is 0 Å². The van der Waals surface area contributed by atoms with Gasteiger partial charge in [-0.2, -0.15) is 0 Å². The molecular formula is C26H17FN2O3. The third-order valence-corrected chi connectivity index (χ3v) is 5.59. The van der Waals surface area contributed by atoms with Crippen LogP contribution in [-0.4, -0.2) is 21.8 Å². The summed E-state index contributed by atoms with van der Waals surface area (Å²) in [5.41, 5.74) is 1.30. The topological polar surface area (TPSA) is 70.5 Å². The van der Waals surface area contributed by atoms with E-state index in [0.29, 0.717) is 11.3 Å². The van der Waals surface area contributed by atoms with E-state index in [1.165, 1.54) is 29.2 Å². The van der Waals surface area contributed by atoms with Crippen LogP contribution in [-0.2, 0) is 9.59 Å². The fraction of sp³-hybridized carbons (Fsp3) is 0.0385. The van der Waals surface area contributed by atoms with E-state index in [-0.39, 0.29) is 16.9 Å². The summed E-state index contributed by atoms with van der Waals surface area (Å²) in [6.07, 6.45) is 3.15. The van der Waals surface area contributed by atoms with Gasteiger partial charge in [-0.15, -0.1) is 0 Å². The van der Waals surface area contributed by atoms with Crippen LogP contribution in [0.2, 0.25) is 0 Å². The molecule has 1 aliphatic rings. The van der Waals surface area contributed by atoms with Gasteiger partial charge in [0.15, 0.2) is 0 Å². The first kappa shape index (κ1) is 19.6. The minimum absolute atomic E-state index is 0.0671. The molecule has 1 aliphatic heterocycles. The molecule has 1 atom stereocenters. The molecule has 156 valence electrons. The Bertz CT molecular complexity index is 1380. The highest BCUT2D eigenvalue weighted by molar-refractivity contribution is 6.52. The van der Waals surface area contributed by atoms with Crippen molar-refractivity contribution < 1.29 is 19.1 Å². The molecule has 1 fully saturated rings. The zero-order valence-corrected chi connectivity index (χ0v) is 16.8. The van der Waals surface area contributed by atoms with Crippen molar-refractivity contribution >= 4 is 33.9 Å². The van der Waals surface area contributed by atoms with Crippen molar-refractivity contribution in [3.05, 3.63) is 114 Å². The van der Waals surface area contributed by atoms with E-state index in [0.717, 1.165) is 10.8 Å². The average Bonchev–Trinajstić information content (AvgIpc) is 3.09. The molecule has 5 rings (SSSR count). The van der Waals surface area contributed by atoms with Crippen molar-refractivity contribution in [2.24, 2.45) is 0 Å². The predicted octanol–water partition coefficient (Wildman–Crippen LogP) is 5.00. The molecule has 1 aromatic heterocycles. The summed E-state index contributed by atoms with van der Waals surface area (Å²) in [6, 6.07) is 20.8. The van der Waals surface area contributed by atoms with Crippen LogP contribution in [0.1, 0.15) is 17.2 Å². The number of ketones is 1. The highest BCUT2D eigenvalue weighted by Crippen LogP contribution is 2.43. The summed E-state index contributed by atoms with van der Waals surface area (Å²) in [4.78, 5) is 32.0. The Morgan fingerprint density at radius 1 is 0.906 bits per heavy atom. The Kier molecular flexibility index (Phi) is 4.75. The number of halogens is 1. The second kappa shape index (κ2) is 7.74. The minimum Gasteiger partial charge on any atom is -0.507 e. The Morgan fingerprint density at radius 2 is 1.66 bits per heavy atom. The molecule has 6 heteroatoms. The quantitative estimate of drug-likeness (QED) is 0.285. The van der Waals surface area contributed by atoms with Crippen molar-refractivity contribution in [1.82, 2.24) is 4.98 Å². The summed E-state index contributed by atoms with van der Waals surface area (Å²) >= 11 is 0. The fourth-order valence-corrected chi connectivity index (χ4v) is 4.12. The van der Waals surface area contributed by atoms with E-state index in [1.807, 2.05) is 36.4 Å². The van der Waals surface area contributed by atoms with E-state index in [9.17, 15) is 19.1 Å². The second-order valence-corrected chi connectivity index (χ2v) is 7.46. The van der Waals surface area contributed by atoms with Crippen molar-refractivity contribution in [3.63, 3.8) is 0 Å². The number of benzene rings is 3. The summed E-state index contributed by atoms with van der Waals surface area (Å²) in [5.74, 6) is -2.39. The Labute approximate surface area is 183 Å². The van der Waals surface area contributed by atoms with Crippen LogP contribution in [0, 0.1) is 5.82 Å². The lowest BCUT2D eigenvalue weighted by Crippen LogP contribution is -2.29. The number of carbonyl (C=O) groups excluding carboxylic acids is 2. The average molecular weight is 424 g/mol. The van der Waals surface area contributed by atoms with E-state index in [4.69, 9.17) is 0 Å². The van der Waals surface area contributed by atoms with Crippen molar-refractivity contribution in [3.8, 4) is 0 Å². The molecule has 4 aromatic rings. The molecule has 5 nitrogen and oxygen atoms in total. The SMILES string of the molecule is O=C1C(=O)N(c2cccc3ccccc23)C(c2cccnc2)/C1=C(\O)c1ccc(F)cc1. The normalized spacial score (nSPS) is 17.8. The number of aliphatic hydroxyl groups is 1. The largest absolute Gasteiger partial charge is 0.507 e. The lowest BCUT2D eigenvalue weighted by molar-refractivity contribution is -0.132. The fourth-order valence-electron chi connectivity index (χ4n) is 4.12. The zero-order valence-electron chi connectivity index (χ0n) is 16.8. The standard InChI is InChI=1S/C26H17FN2O3/c27-19-12-10-17(11-13-19)24(30)22-23(18-7-4-14-28-15-18)29(26(32)25(22)31)21-9-3-6-16-5-1-2-8-20(16)21/h1-15,23,30H/b24-22+. The van der Waals surface area contributed by atoms with E-state index >= 15 is 0 Å². The van der Waals surface area contributed by atoms with Gasteiger partial charge in [-0.05, 0) is 47.3 Å². The van der Waals surface area contributed by atoms with Gasteiger partial charge in [0, 0.05) is 23.3 Å². The number of hydrogen-bond acceptors (Lipinski definition) is 4. The van der Waals surface area contributed by atoms with E-state index in [1.54, 1.807) is 30.6 Å². The molecule has 0 bridgehead atoms. The van der Waals surface area contributed by atoms with Gasteiger partial charge in [-0.1, -0.05) is 42.5 Å². The monoisotopic (exact) mass is 424 g/mol. The smallest absolute Gasteiger partial charge is 0.300 e. The number of fused-ring (bicyclic) bond motifs is 1. The molecule has 32 heavy (non-hydrogen) atoms. The summed E-state index contributed by atoms with van der Waals surface area (Å²) in [5, 5.41) is 12.8. The predicted molar refractivity (Wildman–Crippen MR) is 119 cm³/mol. The highest BCUT2D eigenvalue weighted by Gasteiger charge is 2.47. The number of pyridine rings is 1. The van der Waals surface area contributed by atoms with Crippen LogP contribution in [0.3, 0.4) is 0 Å². The Hall–Kier alpha value is -4.32. The van der Waals surface area contributed by atoms with Crippen LogP contribution in [0.15, 0.2) is 96.8 Å². The summed E-state index contributed by atoms with van der Waals surface area (Å²) < 4.78 is 13.4. The van der Waals surface area contributed by atoms with Gasteiger partial charge in [-0.25, -0.2) is 4.39 Å². The number of hydrogen-bond donors (Lipinski definition) is 1. The summed E-state index contributed by atoms with van der Waals surface area (Å²) in [7, 11) is 0. The number of aromatic nitrogens is 1.